The Morgan fingerprint density at radius 3 is 2.63 bits per heavy atom. The molecular weight excluding hydrogens is 354 g/mol. The van der Waals surface area contributed by atoms with E-state index in [9.17, 15) is 4.39 Å². The second-order valence-electron chi connectivity index (χ2n) is 5.69. The van der Waals surface area contributed by atoms with Crippen LogP contribution in [0.2, 0.25) is 0 Å². The van der Waals surface area contributed by atoms with Gasteiger partial charge >= 0.3 is 0 Å². The number of halogens is 2. The van der Waals surface area contributed by atoms with E-state index in [0.717, 1.165) is 23.2 Å². The van der Waals surface area contributed by atoms with Crippen LogP contribution in [0.1, 0.15) is 44.8 Å². The topological polar surface area (TPSA) is 9.23 Å². The highest BCUT2D eigenvalue weighted by Crippen LogP contribution is 2.34. The summed E-state index contributed by atoms with van der Waals surface area (Å²) in [5.41, 5.74) is 0.697. The molecule has 0 aromatic heterocycles. The average molecular weight is 376 g/mol. The van der Waals surface area contributed by atoms with Crippen molar-refractivity contribution >= 4 is 22.6 Å². The number of rotatable bonds is 4. The number of hydrogen-bond acceptors (Lipinski definition) is 1. The smallest absolute Gasteiger partial charge is 0.129 e. The largest absolute Gasteiger partial charge is 0.369 e. The fourth-order valence-corrected chi connectivity index (χ4v) is 3.47. The molecule has 0 radical (unpaired) electrons. The third kappa shape index (κ3) is 3.91. The Bertz CT molecular complexity index is 409. The van der Waals surface area contributed by atoms with Crippen LogP contribution in [-0.4, -0.2) is 10.5 Å². The Hall–Kier alpha value is -0.160. The van der Waals surface area contributed by atoms with Crippen LogP contribution < -0.4 is 0 Å². The summed E-state index contributed by atoms with van der Waals surface area (Å²) in [6.07, 6.45) is 3.59. The van der Waals surface area contributed by atoms with Gasteiger partial charge in [0.25, 0.3) is 0 Å². The minimum atomic E-state index is -0.151. The minimum absolute atomic E-state index is 0.118. The lowest BCUT2D eigenvalue weighted by Gasteiger charge is -2.34. The van der Waals surface area contributed by atoms with Gasteiger partial charge in [-0.05, 0) is 37.2 Å². The maximum Gasteiger partial charge on any atom is 0.129 e. The van der Waals surface area contributed by atoms with Crippen LogP contribution in [0.25, 0.3) is 0 Å². The van der Waals surface area contributed by atoms with E-state index in [2.05, 4.69) is 36.4 Å². The maximum atomic E-state index is 13.8. The van der Waals surface area contributed by atoms with Crippen molar-refractivity contribution < 1.29 is 9.13 Å². The molecule has 0 spiro atoms. The first-order valence-corrected chi connectivity index (χ1v) is 8.60. The second kappa shape index (κ2) is 7.02. The minimum Gasteiger partial charge on any atom is -0.369 e. The molecule has 1 aromatic rings. The Morgan fingerprint density at radius 2 is 2.00 bits per heavy atom. The van der Waals surface area contributed by atoms with Crippen LogP contribution in [0.3, 0.4) is 0 Å². The van der Waals surface area contributed by atoms with Gasteiger partial charge in [0.1, 0.15) is 5.82 Å². The molecule has 1 aliphatic rings. The van der Waals surface area contributed by atoms with Gasteiger partial charge in [0.15, 0.2) is 0 Å². The highest BCUT2D eigenvalue weighted by atomic mass is 127. The Kier molecular flexibility index (Phi) is 5.63. The number of ether oxygens (including phenoxy) is 1. The van der Waals surface area contributed by atoms with Crippen LogP contribution in [0.15, 0.2) is 24.3 Å². The van der Waals surface area contributed by atoms with Gasteiger partial charge in [-0.15, -0.1) is 0 Å². The van der Waals surface area contributed by atoms with Gasteiger partial charge in [-0.2, -0.15) is 0 Å². The standard InChI is InChI=1S/C16H22FIO/c1-11-7-8-13(9-12(11)2)19-16(10-18)14-5-3-4-6-15(14)17/h3-6,11-13,16H,7-10H2,1-2H3. The van der Waals surface area contributed by atoms with Crippen molar-refractivity contribution in [3.63, 3.8) is 0 Å². The van der Waals surface area contributed by atoms with Crippen molar-refractivity contribution in [3.05, 3.63) is 35.6 Å². The predicted molar refractivity (Wildman–Crippen MR) is 85.1 cm³/mol. The van der Waals surface area contributed by atoms with Gasteiger partial charge in [-0.1, -0.05) is 54.6 Å². The lowest BCUT2D eigenvalue weighted by atomic mass is 9.80. The lowest BCUT2D eigenvalue weighted by Crippen LogP contribution is -2.28. The molecule has 0 saturated heterocycles. The van der Waals surface area contributed by atoms with Gasteiger partial charge < -0.3 is 4.74 Å². The zero-order valence-electron chi connectivity index (χ0n) is 11.6. The molecule has 1 aromatic carbocycles. The number of benzene rings is 1. The second-order valence-corrected chi connectivity index (χ2v) is 6.57. The first-order chi connectivity index (χ1) is 9.11. The molecule has 0 aliphatic heterocycles. The molecule has 1 aliphatic carbocycles. The Labute approximate surface area is 129 Å². The van der Waals surface area contributed by atoms with Crippen LogP contribution in [0.5, 0.6) is 0 Å². The van der Waals surface area contributed by atoms with E-state index in [1.165, 1.54) is 12.5 Å². The van der Waals surface area contributed by atoms with E-state index in [1.54, 1.807) is 6.07 Å². The Morgan fingerprint density at radius 1 is 1.26 bits per heavy atom. The third-order valence-corrected chi connectivity index (χ3v) is 5.10. The van der Waals surface area contributed by atoms with Crippen LogP contribution >= 0.6 is 22.6 Å². The molecule has 0 N–H and O–H groups in total. The molecule has 0 heterocycles. The van der Waals surface area contributed by atoms with Crippen LogP contribution in [0, 0.1) is 17.7 Å². The number of hydrogen-bond donors (Lipinski definition) is 0. The molecule has 4 unspecified atom stereocenters. The molecule has 4 atom stereocenters. The molecule has 0 amide bonds. The van der Waals surface area contributed by atoms with Gasteiger partial charge in [0.05, 0.1) is 12.2 Å². The molecule has 1 saturated carbocycles. The summed E-state index contributed by atoms with van der Waals surface area (Å²) >= 11 is 2.28. The monoisotopic (exact) mass is 376 g/mol. The maximum absolute atomic E-state index is 13.8. The average Bonchev–Trinajstić information content (AvgIpc) is 2.41. The van der Waals surface area contributed by atoms with Crippen molar-refractivity contribution in [2.24, 2.45) is 11.8 Å². The molecule has 2 rings (SSSR count). The zero-order chi connectivity index (χ0) is 13.8. The molecule has 19 heavy (non-hydrogen) atoms. The van der Waals surface area contributed by atoms with E-state index in [0.29, 0.717) is 11.5 Å². The molecule has 106 valence electrons. The number of alkyl halides is 1. The van der Waals surface area contributed by atoms with Gasteiger partial charge in [0, 0.05) is 9.99 Å². The highest BCUT2D eigenvalue weighted by Gasteiger charge is 2.28. The molecule has 1 nitrogen and oxygen atoms in total. The van der Waals surface area contributed by atoms with Crippen molar-refractivity contribution in [1.82, 2.24) is 0 Å². The molecule has 3 heteroatoms. The van der Waals surface area contributed by atoms with Crippen molar-refractivity contribution in [2.45, 2.75) is 45.3 Å². The summed E-state index contributed by atoms with van der Waals surface area (Å²) in [4.78, 5) is 0. The van der Waals surface area contributed by atoms with Gasteiger partial charge in [0.2, 0.25) is 0 Å². The third-order valence-electron chi connectivity index (χ3n) is 4.30. The van der Waals surface area contributed by atoms with E-state index >= 15 is 0 Å². The summed E-state index contributed by atoms with van der Waals surface area (Å²) in [6.45, 7) is 4.61. The van der Waals surface area contributed by atoms with Crippen molar-refractivity contribution in [1.29, 1.82) is 0 Å². The molecular formula is C16H22FIO. The molecule has 1 fully saturated rings. The van der Waals surface area contributed by atoms with Gasteiger partial charge in [-0.25, -0.2) is 4.39 Å². The SMILES string of the molecule is CC1CCC(OC(CI)c2ccccc2F)CC1C. The summed E-state index contributed by atoms with van der Waals surface area (Å²) in [5, 5.41) is 0. The van der Waals surface area contributed by atoms with Crippen molar-refractivity contribution in [2.75, 3.05) is 4.43 Å². The van der Waals surface area contributed by atoms with Crippen molar-refractivity contribution in [3.8, 4) is 0 Å². The highest BCUT2D eigenvalue weighted by molar-refractivity contribution is 14.1. The zero-order valence-corrected chi connectivity index (χ0v) is 13.8. The van der Waals surface area contributed by atoms with E-state index < -0.39 is 0 Å². The van der Waals surface area contributed by atoms with Crippen LogP contribution in [-0.2, 0) is 4.74 Å². The van der Waals surface area contributed by atoms with E-state index in [1.807, 2.05) is 12.1 Å². The summed E-state index contributed by atoms with van der Waals surface area (Å²) < 4.78 is 20.8. The fraction of sp³-hybridized carbons (Fsp3) is 0.625. The lowest BCUT2D eigenvalue weighted by molar-refractivity contribution is -0.0388. The summed E-state index contributed by atoms with van der Waals surface area (Å²) in [5.74, 6) is 1.34. The first kappa shape index (κ1) is 15.2. The van der Waals surface area contributed by atoms with E-state index in [4.69, 9.17) is 4.74 Å². The van der Waals surface area contributed by atoms with Gasteiger partial charge in [-0.3, -0.25) is 0 Å². The van der Waals surface area contributed by atoms with E-state index in [-0.39, 0.29) is 18.0 Å². The molecule has 0 bridgehead atoms. The summed E-state index contributed by atoms with van der Waals surface area (Å²) in [7, 11) is 0. The normalized spacial score (nSPS) is 29.2. The first-order valence-electron chi connectivity index (χ1n) is 7.07. The van der Waals surface area contributed by atoms with Crippen LogP contribution in [0.4, 0.5) is 4.39 Å². The quantitative estimate of drug-likeness (QED) is 0.522. The summed E-state index contributed by atoms with van der Waals surface area (Å²) in [6, 6.07) is 6.97. The predicted octanol–water partition coefficient (Wildman–Crippen LogP) is 5.14. The Balaban J connectivity index is 2.02. The fourth-order valence-electron chi connectivity index (χ4n) is 2.78.